The number of morpholine rings is 1. The molecular weight excluding hydrogens is 528 g/mol. The number of thiophene rings is 1. The molecule has 0 saturated carbocycles. The van der Waals surface area contributed by atoms with Crippen molar-refractivity contribution < 1.29 is 27.8 Å². The Morgan fingerprint density at radius 1 is 1.29 bits per heavy atom. The molecule has 0 radical (unpaired) electrons. The van der Waals surface area contributed by atoms with Gasteiger partial charge in [-0.1, -0.05) is 23.2 Å². The van der Waals surface area contributed by atoms with Crippen molar-refractivity contribution in [2.24, 2.45) is 0 Å². The molecule has 4 unspecified atom stereocenters. The summed E-state index contributed by atoms with van der Waals surface area (Å²) in [6, 6.07) is 8.34. The van der Waals surface area contributed by atoms with Crippen LogP contribution in [0.15, 0.2) is 30.3 Å². The van der Waals surface area contributed by atoms with E-state index < -0.39 is 18.6 Å². The molecule has 0 spiro atoms. The highest BCUT2D eigenvalue weighted by Crippen LogP contribution is 2.29. The second-order valence-electron chi connectivity index (χ2n) is 8.09. The zero-order chi connectivity index (χ0) is 25.8. The Labute approximate surface area is 215 Å². The lowest BCUT2D eigenvalue weighted by Crippen LogP contribution is -2.51. The first-order valence-electron chi connectivity index (χ1n) is 10.8. The molecule has 0 bridgehead atoms. The maximum atomic E-state index is 12.8. The highest BCUT2D eigenvalue weighted by Gasteiger charge is 2.39. The fourth-order valence-corrected chi connectivity index (χ4v) is 5.39. The van der Waals surface area contributed by atoms with Crippen LogP contribution in [0.2, 0.25) is 10.0 Å². The Bertz CT molecular complexity index is 990. The van der Waals surface area contributed by atoms with E-state index in [1.165, 1.54) is 19.2 Å². The summed E-state index contributed by atoms with van der Waals surface area (Å²) in [6.45, 7) is 3.99. The first-order valence-corrected chi connectivity index (χ1v) is 12.4. The summed E-state index contributed by atoms with van der Waals surface area (Å²) in [5.41, 5.74) is 0.954. The Morgan fingerprint density at radius 3 is 2.60 bits per heavy atom. The van der Waals surface area contributed by atoms with Gasteiger partial charge in [-0.2, -0.15) is 13.2 Å². The first kappa shape index (κ1) is 28.1. The average Bonchev–Trinajstić information content (AvgIpc) is 3.29. The van der Waals surface area contributed by atoms with E-state index in [2.05, 4.69) is 20.9 Å². The number of hydrogen-bond donors (Lipinski definition) is 4. The first-order chi connectivity index (χ1) is 16.5. The Morgan fingerprint density at radius 2 is 1.97 bits per heavy atom. The van der Waals surface area contributed by atoms with Gasteiger partial charge in [0, 0.05) is 34.1 Å². The maximum absolute atomic E-state index is 12.8. The fraction of sp³-hybridized carbons (Fsp3) is 0.500. The molecule has 0 aliphatic carbocycles. The molecule has 1 fully saturated rings. The number of carbonyl (C=O) groups is 1. The predicted octanol–water partition coefficient (Wildman–Crippen LogP) is 3.94. The lowest BCUT2D eigenvalue weighted by molar-refractivity contribution is -0.216. The predicted molar refractivity (Wildman–Crippen MR) is 130 cm³/mol. The molecule has 3 rings (SSSR count). The minimum Gasteiger partial charge on any atom is -0.378 e. The van der Waals surface area contributed by atoms with Crippen LogP contribution >= 0.6 is 34.5 Å². The van der Waals surface area contributed by atoms with Crippen molar-refractivity contribution in [2.45, 2.75) is 37.6 Å². The summed E-state index contributed by atoms with van der Waals surface area (Å²) in [4.78, 5) is 15.7. The van der Waals surface area contributed by atoms with Crippen LogP contribution in [0.4, 0.5) is 13.2 Å². The molecule has 1 aromatic carbocycles. The van der Waals surface area contributed by atoms with Crippen LogP contribution in [-0.4, -0.2) is 67.7 Å². The highest BCUT2D eigenvalue weighted by molar-refractivity contribution is 7.14. The lowest BCUT2D eigenvalue weighted by atomic mass is 10.0. The highest BCUT2D eigenvalue weighted by atomic mass is 35.5. The molecule has 1 aliphatic rings. The van der Waals surface area contributed by atoms with Crippen molar-refractivity contribution in [3.05, 3.63) is 55.7 Å². The quantitative estimate of drug-likeness (QED) is 0.351. The van der Waals surface area contributed by atoms with Gasteiger partial charge in [0.05, 0.1) is 30.3 Å². The van der Waals surface area contributed by atoms with Crippen LogP contribution in [0.3, 0.4) is 0 Å². The number of nitrogens with one attached hydrogen (secondary N) is 3. The Balaban J connectivity index is 1.63. The van der Waals surface area contributed by atoms with E-state index in [-0.39, 0.29) is 18.0 Å². The summed E-state index contributed by atoms with van der Waals surface area (Å²) in [5.74, 6) is -0.351. The Hall–Kier alpha value is -1.44. The molecule has 1 aliphatic heterocycles. The van der Waals surface area contributed by atoms with Crippen molar-refractivity contribution >= 4 is 40.4 Å². The number of nitrogens with zero attached hydrogens (tertiary/aromatic N) is 1. The van der Waals surface area contributed by atoms with Crippen LogP contribution in [0.5, 0.6) is 0 Å². The SMILES string of the molecule is CNC(NC(O)C(F)(F)F)c1ccc(C(=O)NCC2COCCN2C(C)c2cc(Cl)cc(Cl)c2)s1. The van der Waals surface area contributed by atoms with Gasteiger partial charge in [0.15, 0.2) is 0 Å². The van der Waals surface area contributed by atoms with E-state index in [9.17, 15) is 23.1 Å². The number of aliphatic hydroxyl groups is 1. The van der Waals surface area contributed by atoms with Gasteiger partial charge in [0.2, 0.25) is 6.23 Å². The van der Waals surface area contributed by atoms with Gasteiger partial charge >= 0.3 is 6.18 Å². The smallest absolute Gasteiger partial charge is 0.378 e. The zero-order valence-electron chi connectivity index (χ0n) is 19.0. The van der Waals surface area contributed by atoms with E-state index in [1.54, 1.807) is 6.07 Å². The molecule has 1 aromatic heterocycles. The number of ether oxygens (including phenoxy) is 1. The van der Waals surface area contributed by atoms with Gasteiger partial charge in [0.1, 0.15) is 0 Å². The minimum atomic E-state index is -4.81. The van der Waals surface area contributed by atoms with Gasteiger partial charge in [0.25, 0.3) is 5.91 Å². The number of carbonyl (C=O) groups excluding carboxylic acids is 1. The third-order valence-corrected chi connectivity index (χ3v) is 7.28. The van der Waals surface area contributed by atoms with Crippen LogP contribution in [-0.2, 0) is 4.74 Å². The van der Waals surface area contributed by atoms with E-state index >= 15 is 0 Å². The number of alkyl halides is 3. The third-order valence-electron chi connectivity index (χ3n) is 5.69. The van der Waals surface area contributed by atoms with E-state index in [0.29, 0.717) is 46.1 Å². The molecule has 2 heterocycles. The summed E-state index contributed by atoms with van der Waals surface area (Å²) in [5, 5.41) is 18.0. The van der Waals surface area contributed by atoms with Gasteiger partial charge in [-0.3, -0.25) is 15.0 Å². The number of halogens is 5. The normalized spacial score (nSPS) is 19.8. The molecular formula is C22H27Cl2F3N4O3S. The summed E-state index contributed by atoms with van der Waals surface area (Å²) < 4.78 is 43.7. The second kappa shape index (κ2) is 12.2. The van der Waals surface area contributed by atoms with Crippen molar-refractivity contribution in [3.63, 3.8) is 0 Å². The van der Waals surface area contributed by atoms with Crippen LogP contribution in [0, 0.1) is 0 Å². The van der Waals surface area contributed by atoms with E-state index in [1.807, 2.05) is 19.1 Å². The molecule has 13 heteroatoms. The lowest BCUT2D eigenvalue weighted by Gasteiger charge is -2.40. The van der Waals surface area contributed by atoms with Gasteiger partial charge in [-0.15, -0.1) is 11.3 Å². The summed E-state index contributed by atoms with van der Waals surface area (Å²) in [6.07, 6.45) is -8.49. The topological polar surface area (TPSA) is 85.9 Å². The van der Waals surface area contributed by atoms with Crippen molar-refractivity contribution in [1.29, 1.82) is 0 Å². The third kappa shape index (κ3) is 7.53. The van der Waals surface area contributed by atoms with Crippen LogP contribution < -0.4 is 16.0 Å². The molecule has 1 saturated heterocycles. The molecule has 2 aromatic rings. The Kier molecular flexibility index (Phi) is 9.81. The number of amides is 1. The van der Waals surface area contributed by atoms with Crippen molar-refractivity contribution in [3.8, 4) is 0 Å². The van der Waals surface area contributed by atoms with E-state index in [4.69, 9.17) is 27.9 Å². The zero-order valence-corrected chi connectivity index (χ0v) is 21.4. The van der Waals surface area contributed by atoms with Crippen molar-refractivity contribution in [2.75, 3.05) is 33.4 Å². The molecule has 35 heavy (non-hydrogen) atoms. The largest absolute Gasteiger partial charge is 0.428 e. The number of benzene rings is 1. The number of aliphatic hydroxyl groups excluding tert-OH is 1. The number of rotatable bonds is 9. The molecule has 4 atom stereocenters. The monoisotopic (exact) mass is 554 g/mol. The molecule has 7 nitrogen and oxygen atoms in total. The molecule has 1 amide bonds. The molecule has 4 N–H and O–H groups in total. The van der Waals surface area contributed by atoms with Crippen LogP contribution in [0.1, 0.15) is 39.2 Å². The maximum Gasteiger partial charge on any atom is 0.428 e. The summed E-state index contributed by atoms with van der Waals surface area (Å²) in [7, 11) is 1.45. The van der Waals surface area contributed by atoms with Gasteiger partial charge in [-0.05, 0) is 49.9 Å². The fourth-order valence-electron chi connectivity index (χ4n) is 3.85. The number of hydrogen-bond acceptors (Lipinski definition) is 7. The average molecular weight is 555 g/mol. The van der Waals surface area contributed by atoms with E-state index in [0.717, 1.165) is 16.9 Å². The second-order valence-corrected chi connectivity index (χ2v) is 10.1. The van der Waals surface area contributed by atoms with Crippen molar-refractivity contribution in [1.82, 2.24) is 20.9 Å². The van der Waals surface area contributed by atoms with Gasteiger partial charge < -0.3 is 20.5 Å². The van der Waals surface area contributed by atoms with Gasteiger partial charge in [-0.25, -0.2) is 0 Å². The standard InChI is InChI=1S/C22H27Cl2F3N4O3S/c1-12(13-7-14(23)9-15(24)8-13)31-5-6-34-11-16(31)10-29-20(32)18-4-3-17(35-18)19(28-2)30-21(33)22(25,26)27/h3-4,7-9,12,16,19,21,28,30,33H,5-6,10-11H2,1-2H3,(H,29,32). The molecule has 194 valence electrons. The summed E-state index contributed by atoms with van der Waals surface area (Å²) >= 11 is 13.4. The minimum absolute atomic E-state index is 0.0205. The van der Waals surface area contributed by atoms with Crippen LogP contribution in [0.25, 0.3) is 0 Å².